The van der Waals surface area contributed by atoms with E-state index in [4.69, 9.17) is 39.2 Å². The molecule has 0 amide bonds. The first-order valence-corrected chi connectivity index (χ1v) is 13.5. The standard InChI is InChI=1S/C19H25N3O2S.3C2HF3O2/c1-2-18(25-11-1)13-22-8-10-24-19(15-22)14-21(7-9-23-16-19)12-17-3-5-20-6-4-17;3*3-2(4,5)1(6)7/h1-6,11H,7-10,12-16H2;3*(H,6,7). The van der Waals surface area contributed by atoms with Gasteiger partial charge in [0.2, 0.25) is 0 Å². The number of halogens is 9. The Morgan fingerprint density at radius 1 is 0.783 bits per heavy atom. The van der Waals surface area contributed by atoms with Crippen LogP contribution in [0.15, 0.2) is 42.0 Å². The quantitative estimate of drug-likeness (QED) is 0.395. The number of hydrogen-bond donors (Lipinski definition) is 3. The zero-order valence-electron chi connectivity index (χ0n) is 23.4. The molecule has 3 N–H and O–H groups in total. The number of hydrogen-bond acceptors (Lipinski definition) is 9. The van der Waals surface area contributed by atoms with Gasteiger partial charge in [0.25, 0.3) is 0 Å². The van der Waals surface area contributed by atoms with Crippen LogP contribution in [0.4, 0.5) is 39.5 Å². The Morgan fingerprint density at radius 2 is 1.24 bits per heavy atom. The summed E-state index contributed by atoms with van der Waals surface area (Å²) in [6.45, 7) is 7.92. The van der Waals surface area contributed by atoms with Gasteiger partial charge in [0, 0.05) is 56.5 Å². The van der Waals surface area contributed by atoms with Crippen LogP contribution in [0, 0.1) is 0 Å². The third kappa shape index (κ3) is 16.2. The van der Waals surface area contributed by atoms with Crippen molar-refractivity contribution in [3.63, 3.8) is 0 Å². The average Bonchev–Trinajstić information content (AvgIpc) is 3.37. The lowest BCUT2D eigenvalue weighted by Gasteiger charge is -2.43. The first-order valence-electron chi connectivity index (χ1n) is 12.6. The number of carbonyl (C=O) groups is 3. The van der Waals surface area contributed by atoms with Gasteiger partial charge in [0.1, 0.15) is 5.60 Å². The number of morpholine rings is 1. The Labute approximate surface area is 258 Å². The molecule has 4 rings (SSSR count). The number of carboxylic acids is 3. The molecule has 1 spiro atoms. The Morgan fingerprint density at radius 3 is 1.67 bits per heavy atom. The number of ether oxygens (including phenoxy) is 2. The summed E-state index contributed by atoms with van der Waals surface area (Å²) in [6, 6.07) is 8.51. The summed E-state index contributed by atoms with van der Waals surface area (Å²) >= 11 is 1.83. The molecule has 1 atom stereocenters. The summed E-state index contributed by atoms with van der Waals surface area (Å²) in [4.78, 5) is 37.2. The molecule has 46 heavy (non-hydrogen) atoms. The van der Waals surface area contributed by atoms with E-state index in [1.807, 2.05) is 23.7 Å². The zero-order chi connectivity index (χ0) is 35.2. The second kappa shape index (κ2) is 18.0. The van der Waals surface area contributed by atoms with E-state index in [-0.39, 0.29) is 5.60 Å². The maximum absolute atomic E-state index is 10.6. The summed E-state index contributed by atoms with van der Waals surface area (Å²) < 4.78 is 107. The smallest absolute Gasteiger partial charge is 0.475 e. The molecular formula is C25H28F9N3O8S. The molecule has 0 aromatic carbocycles. The fourth-order valence-electron chi connectivity index (χ4n) is 3.73. The molecule has 0 bridgehead atoms. The van der Waals surface area contributed by atoms with Crippen LogP contribution in [0.5, 0.6) is 0 Å². The van der Waals surface area contributed by atoms with Crippen molar-refractivity contribution >= 4 is 29.2 Å². The van der Waals surface area contributed by atoms with E-state index >= 15 is 0 Å². The number of aliphatic carboxylic acids is 3. The van der Waals surface area contributed by atoms with Crippen molar-refractivity contribution in [3.8, 4) is 0 Å². The van der Waals surface area contributed by atoms with Crippen LogP contribution in [-0.2, 0) is 36.9 Å². The summed E-state index contributed by atoms with van der Waals surface area (Å²) in [5, 5.41) is 23.5. The van der Waals surface area contributed by atoms with Crippen LogP contribution in [0.2, 0.25) is 0 Å². The Kier molecular flexibility index (Phi) is 15.8. The lowest BCUT2D eigenvalue weighted by atomic mass is 10.0. The molecule has 260 valence electrons. The van der Waals surface area contributed by atoms with Gasteiger partial charge in [-0.2, -0.15) is 39.5 Å². The average molecular weight is 702 g/mol. The van der Waals surface area contributed by atoms with Gasteiger partial charge in [-0.1, -0.05) is 6.07 Å². The number of rotatable bonds is 4. The molecule has 2 aromatic rings. The van der Waals surface area contributed by atoms with Crippen LogP contribution >= 0.6 is 11.3 Å². The largest absolute Gasteiger partial charge is 0.490 e. The number of aromatic nitrogens is 1. The van der Waals surface area contributed by atoms with Gasteiger partial charge in [-0.05, 0) is 29.1 Å². The lowest BCUT2D eigenvalue weighted by Crippen LogP contribution is -2.58. The Bertz CT molecular complexity index is 1160. The van der Waals surface area contributed by atoms with E-state index in [1.54, 1.807) is 0 Å². The van der Waals surface area contributed by atoms with Crippen molar-refractivity contribution in [2.75, 3.05) is 46.0 Å². The van der Waals surface area contributed by atoms with Crippen molar-refractivity contribution in [3.05, 3.63) is 52.5 Å². The normalized spacial score (nSPS) is 19.2. The second-order valence-electron chi connectivity index (χ2n) is 9.35. The molecule has 2 fully saturated rings. The van der Waals surface area contributed by atoms with Crippen molar-refractivity contribution in [1.29, 1.82) is 0 Å². The maximum atomic E-state index is 10.6. The number of nitrogens with zero attached hydrogens (tertiary/aromatic N) is 3. The van der Waals surface area contributed by atoms with E-state index in [2.05, 4.69) is 44.4 Å². The highest BCUT2D eigenvalue weighted by molar-refractivity contribution is 7.09. The third-order valence-corrected chi connectivity index (χ3v) is 6.46. The molecule has 0 saturated carbocycles. The van der Waals surface area contributed by atoms with E-state index in [9.17, 15) is 39.5 Å². The SMILES string of the molecule is O=C(O)C(F)(F)F.O=C(O)C(F)(F)F.O=C(O)C(F)(F)F.c1csc(CN2CCOC3(COCCN(Cc4ccncc4)C3)C2)c1. The highest BCUT2D eigenvalue weighted by atomic mass is 32.1. The molecule has 2 aliphatic heterocycles. The van der Waals surface area contributed by atoms with Crippen molar-refractivity contribution in [2.24, 2.45) is 0 Å². The summed E-state index contributed by atoms with van der Waals surface area (Å²) in [5.74, 6) is -8.27. The van der Waals surface area contributed by atoms with E-state index in [0.717, 1.165) is 52.5 Å². The van der Waals surface area contributed by atoms with Crippen LogP contribution in [0.3, 0.4) is 0 Å². The molecule has 0 aliphatic carbocycles. The van der Waals surface area contributed by atoms with Gasteiger partial charge < -0.3 is 24.8 Å². The highest BCUT2D eigenvalue weighted by Crippen LogP contribution is 2.25. The van der Waals surface area contributed by atoms with E-state index < -0.39 is 36.4 Å². The lowest BCUT2D eigenvalue weighted by molar-refractivity contribution is -0.193. The molecule has 2 aliphatic rings. The fraction of sp³-hybridized carbons (Fsp3) is 0.520. The summed E-state index contributed by atoms with van der Waals surface area (Å²) in [7, 11) is 0. The Balaban J connectivity index is 0.000000413. The van der Waals surface area contributed by atoms with Gasteiger partial charge in [-0.15, -0.1) is 11.3 Å². The minimum Gasteiger partial charge on any atom is -0.475 e. The van der Waals surface area contributed by atoms with Crippen molar-refractivity contribution in [1.82, 2.24) is 14.8 Å². The molecule has 2 aromatic heterocycles. The fourth-order valence-corrected chi connectivity index (χ4v) is 4.48. The van der Waals surface area contributed by atoms with Gasteiger partial charge >= 0.3 is 36.4 Å². The highest BCUT2D eigenvalue weighted by Gasteiger charge is 2.41. The zero-order valence-corrected chi connectivity index (χ0v) is 24.3. The molecule has 4 heterocycles. The first kappa shape index (κ1) is 40.5. The van der Waals surface area contributed by atoms with Crippen LogP contribution in [-0.4, -0.2) is 118 Å². The van der Waals surface area contributed by atoms with Crippen molar-refractivity contribution in [2.45, 2.75) is 37.2 Å². The molecule has 0 radical (unpaired) electrons. The van der Waals surface area contributed by atoms with Gasteiger partial charge in [0.15, 0.2) is 0 Å². The van der Waals surface area contributed by atoms with Gasteiger partial charge in [-0.25, -0.2) is 14.4 Å². The second-order valence-corrected chi connectivity index (χ2v) is 10.4. The summed E-state index contributed by atoms with van der Waals surface area (Å²) in [5.41, 5.74) is 1.07. The third-order valence-electron chi connectivity index (χ3n) is 5.60. The monoisotopic (exact) mass is 701 g/mol. The Hall–Kier alpha value is -3.53. The van der Waals surface area contributed by atoms with Gasteiger partial charge in [0.05, 0.1) is 19.8 Å². The van der Waals surface area contributed by atoms with Crippen LogP contribution in [0.25, 0.3) is 0 Å². The maximum Gasteiger partial charge on any atom is 0.490 e. The number of carboxylic acid groups (broad SMARTS) is 3. The minimum atomic E-state index is -5.08. The number of thiophene rings is 1. The van der Waals surface area contributed by atoms with E-state index in [0.29, 0.717) is 6.61 Å². The number of alkyl halides is 9. The predicted molar refractivity (Wildman–Crippen MR) is 140 cm³/mol. The van der Waals surface area contributed by atoms with Crippen LogP contribution in [0.1, 0.15) is 10.4 Å². The summed E-state index contributed by atoms with van der Waals surface area (Å²) in [6.07, 6.45) is -11.5. The molecule has 11 nitrogen and oxygen atoms in total. The van der Waals surface area contributed by atoms with E-state index in [1.165, 1.54) is 10.4 Å². The predicted octanol–water partition coefficient (Wildman–Crippen LogP) is 4.15. The number of pyridine rings is 1. The molecule has 2 saturated heterocycles. The minimum absolute atomic E-state index is 0.223. The molecule has 21 heteroatoms. The van der Waals surface area contributed by atoms with Gasteiger partial charge in [-0.3, -0.25) is 14.8 Å². The van der Waals surface area contributed by atoms with Crippen molar-refractivity contribution < 1.29 is 78.7 Å². The topological polar surface area (TPSA) is 150 Å². The first-order chi connectivity index (χ1) is 21.1. The molecule has 1 unspecified atom stereocenters. The molecular weight excluding hydrogens is 673 g/mol. The van der Waals surface area contributed by atoms with Crippen LogP contribution < -0.4 is 0 Å².